The Balaban J connectivity index is 1.81. The van der Waals surface area contributed by atoms with E-state index in [1.807, 2.05) is 61.7 Å². The summed E-state index contributed by atoms with van der Waals surface area (Å²) >= 11 is 0. The third kappa shape index (κ3) is 4.57. The van der Waals surface area contributed by atoms with Crippen LogP contribution in [0.15, 0.2) is 64.3 Å². The monoisotopic (exact) mass is 447 g/mol. The van der Waals surface area contributed by atoms with Gasteiger partial charge in [0.2, 0.25) is 5.95 Å². The van der Waals surface area contributed by atoms with Crippen molar-refractivity contribution in [1.82, 2.24) is 19.1 Å². The van der Waals surface area contributed by atoms with E-state index in [-0.39, 0.29) is 19.0 Å². The molecule has 170 valence electrons. The van der Waals surface area contributed by atoms with Gasteiger partial charge >= 0.3 is 17.3 Å². The number of H-pyrrole nitrogens is 1. The van der Waals surface area contributed by atoms with Crippen LogP contribution >= 0.6 is 0 Å². The second-order valence-electron chi connectivity index (χ2n) is 8.75. The lowest BCUT2D eigenvalue weighted by Gasteiger charge is -2.21. The highest BCUT2D eigenvalue weighted by atomic mass is 16.4. The van der Waals surface area contributed by atoms with E-state index >= 15 is 0 Å². The molecular formula is C24H25N5O4. The zero-order valence-electron chi connectivity index (χ0n) is 18.6. The van der Waals surface area contributed by atoms with Crippen LogP contribution in [0.5, 0.6) is 0 Å². The number of benzene rings is 2. The molecule has 0 atom stereocenters. The summed E-state index contributed by atoms with van der Waals surface area (Å²) in [5.41, 5.74) is 0.786. The van der Waals surface area contributed by atoms with Crippen LogP contribution in [0.1, 0.15) is 25.0 Å². The number of aryl methyl sites for hydroxylation is 1. The molecule has 0 saturated carbocycles. The number of anilines is 2. The van der Waals surface area contributed by atoms with Crippen molar-refractivity contribution >= 4 is 28.5 Å². The molecule has 0 unspecified atom stereocenters. The summed E-state index contributed by atoms with van der Waals surface area (Å²) < 4.78 is 2.23. The van der Waals surface area contributed by atoms with E-state index in [9.17, 15) is 19.5 Å². The van der Waals surface area contributed by atoms with Gasteiger partial charge in [-0.15, -0.1) is 0 Å². The highest BCUT2D eigenvalue weighted by molar-refractivity contribution is 5.83. The fourth-order valence-corrected chi connectivity index (χ4v) is 3.50. The van der Waals surface area contributed by atoms with Crippen molar-refractivity contribution in [1.29, 1.82) is 0 Å². The van der Waals surface area contributed by atoms with Gasteiger partial charge in [0.05, 0.1) is 12.0 Å². The van der Waals surface area contributed by atoms with Crippen LogP contribution in [0.25, 0.3) is 10.9 Å². The van der Waals surface area contributed by atoms with Crippen LogP contribution in [0, 0.1) is 12.3 Å². The maximum absolute atomic E-state index is 13.4. The van der Waals surface area contributed by atoms with Crippen molar-refractivity contribution in [2.75, 3.05) is 5.32 Å². The minimum atomic E-state index is -1.32. The van der Waals surface area contributed by atoms with Gasteiger partial charge in [0.15, 0.2) is 0 Å². The Labute approximate surface area is 189 Å². The van der Waals surface area contributed by atoms with Gasteiger partial charge in [-0.3, -0.25) is 9.36 Å². The number of aromatic amines is 1. The first-order chi connectivity index (χ1) is 15.6. The van der Waals surface area contributed by atoms with Crippen LogP contribution in [-0.2, 0) is 17.9 Å². The Morgan fingerprint density at radius 3 is 2.52 bits per heavy atom. The van der Waals surface area contributed by atoms with Crippen molar-refractivity contribution in [2.45, 2.75) is 33.9 Å². The van der Waals surface area contributed by atoms with E-state index in [0.29, 0.717) is 5.69 Å². The summed E-state index contributed by atoms with van der Waals surface area (Å²) in [4.78, 5) is 45.0. The second-order valence-corrected chi connectivity index (χ2v) is 8.75. The Hall–Kier alpha value is -4.14. The van der Waals surface area contributed by atoms with Gasteiger partial charge in [0.25, 0.3) is 0 Å². The third-order valence-electron chi connectivity index (χ3n) is 5.55. The van der Waals surface area contributed by atoms with Gasteiger partial charge in [-0.2, -0.15) is 4.98 Å². The third-order valence-corrected chi connectivity index (χ3v) is 5.55. The lowest BCUT2D eigenvalue weighted by atomic mass is 9.94. The minimum absolute atomic E-state index is 0.0878. The molecule has 3 N–H and O–H groups in total. The number of carboxylic acids is 1. The second kappa shape index (κ2) is 8.42. The Morgan fingerprint density at radius 1 is 1.09 bits per heavy atom. The molecule has 0 bridgehead atoms. The molecule has 0 radical (unpaired) electrons. The van der Waals surface area contributed by atoms with E-state index in [2.05, 4.69) is 15.3 Å². The topological polar surface area (TPSA) is 122 Å². The standard InChI is InChI=1S/C24H25N5O4/c1-15-4-6-16(7-5-15)13-28-21(26-18-8-9-19-17(12-18)10-11-25-19)27-22(32)29(23(28)33)14-24(2,3)20(30)31/h4-12,25H,13-14H2,1-3H3,(H,30,31)(H,26,27,32). The lowest BCUT2D eigenvalue weighted by Crippen LogP contribution is -2.46. The van der Waals surface area contributed by atoms with Crippen molar-refractivity contribution in [3.8, 4) is 0 Å². The number of nitrogens with one attached hydrogen (secondary N) is 2. The van der Waals surface area contributed by atoms with Crippen molar-refractivity contribution in [2.24, 2.45) is 5.41 Å². The molecule has 0 fully saturated rings. The molecule has 0 aliphatic heterocycles. The number of hydrogen-bond donors (Lipinski definition) is 3. The first kappa shape index (κ1) is 22.1. The van der Waals surface area contributed by atoms with E-state index in [1.165, 1.54) is 18.4 Å². The van der Waals surface area contributed by atoms with Gasteiger partial charge in [0.1, 0.15) is 0 Å². The first-order valence-electron chi connectivity index (χ1n) is 10.5. The number of hydrogen-bond acceptors (Lipinski definition) is 5. The van der Waals surface area contributed by atoms with Crippen LogP contribution in [0.3, 0.4) is 0 Å². The smallest absolute Gasteiger partial charge is 0.354 e. The molecule has 0 aliphatic rings. The van der Waals surface area contributed by atoms with E-state index in [1.54, 1.807) is 0 Å². The summed E-state index contributed by atoms with van der Waals surface area (Å²) in [5.74, 6) is -1.02. The van der Waals surface area contributed by atoms with Crippen LogP contribution in [-0.4, -0.2) is 30.2 Å². The molecule has 9 nitrogen and oxygen atoms in total. The van der Waals surface area contributed by atoms with Gasteiger partial charge in [-0.05, 0) is 50.6 Å². The molecule has 9 heteroatoms. The summed E-state index contributed by atoms with van der Waals surface area (Å²) in [6, 6.07) is 15.2. The van der Waals surface area contributed by atoms with E-state index < -0.39 is 22.8 Å². The van der Waals surface area contributed by atoms with Gasteiger partial charge < -0.3 is 15.4 Å². The van der Waals surface area contributed by atoms with E-state index in [4.69, 9.17) is 0 Å². The number of aliphatic carboxylic acids is 1. The number of aromatic nitrogens is 4. The fraction of sp³-hybridized carbons (Fsp3) is 0.250. The van der Waals surface area contributed by atoms with Crippen LogP contribution in [0.2, 0.25) is 0 Å². The quantitative estimate of drug-likeness (QED) is 0.400. The van der Waals surface area contributed by atoms with Crippen molar-refractivity contribution < 1.29 is 9.90 Å². The number of carboxylic acid groups (broad SMARTS) is 1. The minimum Gasteiger partial charge on any atom is -0.481 e. The summed E-state index contributed by atoms with van der Waals surface area (Å²) in [6.45, 7) is 4.76. The molecule has 4 aromatic rings. The van der Waals surface area contributed by atoms with Crippen LogP contribution in [0.4, 0.5) is 11.6 Å². The maximum atomic E-state index is 13.4. The molecule has 0 amide bonds. The molecular weight excluding hydrogens is 422 g/mol. The van der Waals surface area contributed by atoms with Crippen molar-refractivity contribution in [3.05, 3.63) is 86.8 Å². The van der Waals surface area contributed by atoms with E-state index in [0.717, 1.165) is 26.6 Å². The fourth-order valence-electron chi connectivity index (χ4n) is 3.50. The van der Waals surface area contributed by atoms with Crippen LogP contribution < -0.4 is 16.7 Å². The Bertz CT molecular complexity index is 1440. The largest absolute Gasteiger partial charge is 0.481 e. The molecule has 0 aliphatic carbocycles. The van der Waals surface area contributed by atoms with Gasteiger partial charge in [-0.1, -0.05) is 29.8 Å². The molecule has 4 rings (SSSR count). The molecule has 2 heterocycles. The maximum Gasteiger partial charge on any atom is 0.354 e. The van der Waals surface area contributed by atoms with Crippen molar-refractivity contribution in [3.63, 3.8) is 0 Å². The summed E-state index contributed by atoms with van der Waals surface area (Å²) in [6.07, 6.45) is 1.82. The number of nitrogens with zero attached hydrogens (tertiary/aromatic N) is 3. The molecule has 0 saturated heterocycles. The molecule has 33 heavy (non-hydrogen) atoms. The first-order valence-corrected chi connectivity index (χ1v) is 10.5. The number of rotatable bonds is 7. The zero-order valence-corrected chi connectivity index (χ0v) is 18.6. The lowest BCUT2D eigenvalue weighted by molar-refractivity contribution is -0.147. The average molecular weight is 447 g/mol. The predicted molar refractivity (Wildman–Crippen MR) is 126 cm³/mol. The summed E-state index contributed by atoms with van der Waals surface area (Å²) in [5, 5.41) is 13.5. The highest BCUT2D eigenvalue weighted by Crippen LogP contribution is 2.21. The highest BCUT2D eigenvalue weighted by Gasteiger charge is 2.30. The zero-order chi connectivity index (χ0) is 23.8. The normalized spacial score (nSPS) is 11.6. The number of carbonyl (C=O) groups is 1. The SMILES string of the molecule is Cc1ccc(Cn2c(Nc3ccc4[nH]ccc4c3)nc(=O)n(CC(C)(C)C(=O)O)c2=O)cc1. The molecule has 0 spiro atoms. The van der Waals surface area contributed by atoms with Gasteiger partial charge in [0, 0.05) is 29.3 Å². The molecule has 2 aromatic carbocycles. The van der Waals surface area contributed by atoms with Gasteiger partial charge in [-0.25, -0.2) is 14.2 Å². The Morgan fingerprint density at radius 2 is 1.82 bits per heavy atom. The average Bonchev–Trinajstić information content (AvgIpc) is 3.23. The summed E-state index contributed by atoms with van der Waals surface area (Å²) in [7, 11) is 0. The predicted octanol–water partition coefficient (Wildman–Crippen LogP) is 3.10. The molecule has 2 aromatic heterocycles. The Kier molecular flexibility index (Phi) is 5.63. The number of fused-ring (bicyclic) bond motifs is 1.